The molecular formula is C15H23BrClN3O2. The molecule has 1 aliphatic carbocycles. The van der Waals surface area contributed by atoms with Crippen LogP contribution in [0.15, 0.2) is 27.6 Å². The molecule has 5 nitrogen and oxygen atoms in total. The van der Waals surface area contributed by atoms with Crippen LogP contribution in [-0.4, -0.2) is 23.1 Å². The van der Waals surface area contributed by atoms with E-state index in [9.17, 15) is 9.59 Å². The molecule has 1 atom stereocenters. The minimum Gasteiger partial charge on any atom is -0.350 e. The Bertz CT molecular complexity index is 544. The number of carbonyl (C=O) groups is 1. The van der Waals surface area contributed by atoms with Crippen LogP contribution in [0.4, 0.5) is 0 Å². The van der Waals surface area contributed by atoms with Crippen LogP contribution in [0, 0.1) is 5.92 Å². The van der Waals surface area contributed by atoms with Gasteiger partial charge in [-0.15, -0.1) is 12.4 Å². The van der Waals surface area contributed by atoms with E-state index in [1.165, 1.54) is 29.9 Å². The molecule has 3 N–H and O–H groups in total. The van der Waals surface area contributed by atoms with E-state index in [0.717, 1.165) is 17.3 Å². The Kier molecular flexibility index (Phi) is 8.14. The first-order chi connectivity index (χ1) is 10.1. The number of nitrogens with zero attached hydrogens (tertiary/aromatic N) is 1. The van der Waals surface area contributed by atoms with Gasteiger partial charge in [0, 0.05) is 29.3 Å². The van der Waals surface area contributed by atoms with Gasteiger partial charge in [0.05, 0.1) is 0 Å². The second-order valence-corrected chi connectivity index (χ2v) is 6.54. The van der Waals surface area contributed by atoms with Gasteiger partial charge in [0.2, 0.25) is 5.91 Å². The summed E-state index contributed by atoms with van der Waals surface area (Å²) in [4.78, 5) is 23.8. The first kappa shape index (κ1) is 19.2. The first-order valence-electron chi connectivity index (χ1n) is 7.45. The number of amides is 1. The highest BCUT2D eigenvalue weighted by molar-refractivity contribution is 9.10. The molecule has 1 heterocycles. The van der Waals surface area contributed by atoms with Crippen LogP contribution in [0.25, 0.3) is 0 Å². The average Bonchev–Trinajstić information content (AvgIpc) is 2.49. The van der Waals surface area contributed by atoms with Crippen LogP contribution >= 0.6 is 28.3 Å². The molecular weight excluding hydrogens is 370 g/mol. The van der Waals surface area contributed by atoms with E-state index in [-0.39, 0.29) is 36.5 Å². The number of carbonyl (C=O) groups excluding carboxylic acids is 1. The molecule has 0 spiro atoms. The molecule has 7 heteroatoms. The molecule has 124 valence electrons. The summed E-state index contributed by atoms with van der Waals surface area (Å²) in [5, 5.41) is 2.99. The topological polar surface area (TPSA) is 77.1 Å². The van der Waals surface area contributed by atoms with Crippen LogP contribution in [0.2, 0.25) is 0 Å². The van der Waals surface area contributed by atoms with Gasteiger partial charge in [0.25, 0.3) is 5.56 Å². The Balaban J connectivity index is 0.00000242. The molecule has 0 saturated heterocycles. The van der Waals surface area contributed by atoms with Gasteiger partial charge in [0.1, 0.15) is 6.54 Å². The number of nitrogens with two attached hydrogens (primary N) is 1. The first-order valence-corrected chi connectivity index (χ1v) is 8.25. The zero-order valence-electron chi connectivity index (χ0n) is 12.5. The molecule has 1 aromatic heterocycles. The third-order valence-electron chi connectivity index (χ3n) is 4.08. The quantitative estimate of drug-likeness (QED) is 0.805. The molecule has 1 fully saturated rings. The number of halogens is 2. The smallest absolute Gasteiger partial charge is 0.251 e. The van der Waals surface area contributed by atoms with E-state index < -0.39 is 0 Å². The van der Waals surface area contributed by atoms with Crippen molar-refractivity contribution in [3.05, 3.63) is 33.2 Å². The van der Waals surface area contributed by atoms with Gasteiger partial charge < -0.3 is 15.6 Å². The zero-order chi connectivity index (χ0) is 15.2. The van der Waals surface area contributed by atoms with Gasteiger partial charge in [-0.2, -0.15) is 0 Å². The molecule has 1 aromatic rings. The summed E-state index contributed by atoms with van der Waals surface area (Å²) in [7, 11) is 0. The minimum absolute atomic E-state index is 0. The highest BCUT2D eigenvalue weighted by atomic mass is 79.9. The summed E-state index contributed by atoms with van der Waals surface area (Å²) in [6, 6.07) is 3.13. The van der Waals surface area contributed by atoms with Gasteiger partial charge >= 0.3 is 0 Å². The summed E-state index contributed by atoms with van der Waals surface area (Å²) in [6.45, 7) is 0.477. The van der Waals surface area contributed by atoms with Crippen molar-refractivity contribution in [2.45, 2.75) is 44.7 Å². The van der Waals surface area contributed by atoms with E-state index >= 15 is 0 Å². The number of aromatic nitrogens is 1. The lowest BCUT2D eigenvalue weighted by Gasteiger charge is -2.30. The summed E-state index contributed by atoms with van der Waals surface area (Å²) in [6.07, 6.45) is 7.57. The van der Waals surface area contributed by atoms with Gasteiger partial charge in [-0.3, -0.25) is 9.59 Å². The summed E-state index contributed by atoms with van der Waals surface area (Å²) in [5.41, 5.74) is 5.62. The maximum Gasteiger partial charge on any atom is 0.251 e. The van der Waals surface area contributed by atoms with Crippen molar-refractivity contribution >= 4 is 34.2 Å². The van der Waals surface area contributed by atoms with Gasteiger partial charge in [0.15, 0.2) is 0 Å². The minimum atomic E-state index is -0.185. The number of pyridine rings is 1. The van der Waals surface area contributed by atoms with Crippen LogP contribution < -0.4 is 16.6 Å². The van der Waals surface area contributed by atoms with Gasteiger partial charge in [-0.1, -0.05) is 19.3 Å². The molecule has 0 aliphatic heterocycles. The predicted molar refractivity (Wildman–Crippen MR) is 93.2 cm³/mol. The van der Waals surface area contributed by atoms with Crippen LogP contribution in [0.5, 0.6) is 0 Å². The van der Waals surface area contributed by atoms with Crippen LogP contribution in [-0.2, 0) is 11.3 Å². The normalized spacial score (nSPS) is 16.6. The third kappa shape index (κ3) is 5.41. The number of hydrogen-bond acceptors (Lipinski definition) is 3. The predicted octanol–water partition coefficient (Wildman–Crippen LogP) is 2.06. The van der Waals surface area contributed by atoms with E-state index in [1.54, 1.807) is 12.3 Å². The lowest BCUT2D eigenvalue weighted by Crippen LogP contribution is -2.47. The van der Waals surface area contributed by atoms with Crippen molar-refractivity contribution in [3.8, 4) is 0 Å². The molecule has 0 bridgehead atoms. The average molecular weight is 393 g/mol. The lowest BCUT2D eigenvalue weighted by atomic mass is 9.84. The van der Waals surface area contributed by atoms with Crippen molar-refractivity contribution in [1.29, 1.82) is 0 Å². The third-order valence-corrected chi connectivity index (χ3v) is 4.55. The van der Waals surface area contributed by atoms with Crippen molar-refractivity contribution in [2.75, 3.05) is 6.54 Å². The molecule has 0 radical (unpaired) electrons. The number of rotatable bonds is 5. The fourth-order valence-electron chi connectivity index (χ4n) is 2.94. The van der Waals surface area contributed by atoms with Crippen LogP contribution in [0.1, 0.15) is 32.1 Å². The number of nitrogens with one attached hydrogen (secondary N) is 1. The highest BCUT2D eigenvalue weighted by Crippen LogP contribution is 2.26. The lowest BCUT2D eigenvalue weighted by molar-refractivity contribution is -0.122. The van der Waals surface area contributed by atoms with E-state index in [4.69, 9.17) is 5.73 Å². The van der Waals surface area contributed by atoms with Crippen molar-refractivity contribution in [2.24, 2.45) is 11.7 Å². The fraction of sp³-hybridized carbons (Fsp3) is 0.600. The van der Waals surface area contributed by atoms with Crippen molar-refractivity contribution in [3.63, 3.8) is 0 Å². The molecule has 1 unspecified atom stereocenters. The highest BCUT2D eigenvalue weighted by Gasteiger charge is 2.24. The molecule has 1 amide bonds. The Morgan fingerprint density at radius 3 is 2.68 bits per heavy atom. The van der Waals surface area contributed by atoms with E-state index in [0.29, 0.717) is 12.5 Å². The second-order valence-electron chi connectivity index (χ2n) is 5.62. The number of hydrogen-bond donors (Lipinski definition) is 2. The standard InChI is InChI=1S/C15H22BrN3O2.ClH/c16-12-6-7-15(21)19(9-12)10-14(20)18-13(8-17)11-4-2-1-3-5-11;/h6-7,9,11,13H,1-5,8,10,17H2,(H,18,20);1H. The monoisotopic (exact) mass is 391 g/mol. The molecule has 22 heavy (non-hydrogen) atoms. The summed E-state index contributed by atoms with van der Waals surface area (Å²) in [5.74, 6) is 0.308. The Morgan fingerprint density at radius 1 is 1.36 bits per heavy atom. The van der Waals surface area contributed by atoms with E-state index in [1.807, 2.05) is 0 Å². The fourth-order valence-corrected chi connectivity index (χ4v) is 3.32. The molecule has 2 rings (SSSR count). The Morgan fingerprint density at radius 2 is 2.05 bits per heavy atom. The van der Waals surface area contributed by atoms with Crippen LogP contribution in [0.3, 0.4) is 0 Å². The largest absolute Gasteiger partial charge is 0.350 e. The maximum absolute atomic E-state index is 12.1. The van der Waals surface area contributed by atoms with Gasteiger partial charge in [-0.25, -0.2) is 0 Å². The second kappa shape index (κ2) is 9.33. The molecule has 0 aromatic carbocycles. The van der Waals surface area contributed by atoms with Crippen molar-refractivity contribution in [1.82, 2.24) is 9.88 Å². The van der Waals surface area contributed by atoms with Crippen molar-refractivity contribution < 1.29 is 4.79 Å². The Hall–Kier alpha value is -0.850. The SMILES string of the molecule is Cl.NCC(NC(=O)Cn1cc(Br)ccc1=O)C1CCCCC1. The summed E-state index contributed by atoms with van der Waals surface area (Å²) < 4.78 is 2.17. The Labute approximate surface area is 145 Å². The zero-order valence-corrected chi connectivity index (χ0v) is 14.9. The maximum atomic E-state index is 12.1. The summed E-state index contributed by atoms with van der Waals surface area (Å²) >= 11 is 3.30. The van der Waals surface area contributed by atoms with E-state index in [2.05, 4.69) is 21.2 Å². The molecule has 1 aliphatic rings. The van der Waals surface area contributed by atoms with Gasteiger partial charge in [-0.05, 0) is 40.8 Å². The molecule has 1 saturated carbocycles.